The number of hydrogen-bond acceptors (Lipinski definition) is 5. The van der Waals surface area contributed by atoms with Gasteiger partial charge in [-0.1, -0.05) is 6.07 Å². The summed E-state index contributed by atoms with van der Waals surface area (Å²) in [5, 5.41) is 14.7. The lowest BCUT2D eigenvalue weighted by atomic mass is 10.0. The van der Waals surface area contributed by atoms with Gasteiger partial charge < -0.3 is 10.2 Å². The van der Waals surface area contributed by atoms with Crippen LogP contribution in [0.15, 0.2) is 23.6 Å². The molecular formula is C17H15N3O2S2. The Morgan fingerprint density at radius 2 is 2.29 bits per heavy atom. The molecule has 1 aliphatic rings. The predicted octanol–water partition coefficient (Wildman–Crippen LogP) is 3.24. The van der Waals surface area contributed by atoms with Crippen molar-refractivity contribution in [2.45, 2.75) is 19.9 Å². The summed E-state index contributed by atoms with van der Waals surface area (Å²) in [5.74, 6) is -0.237. The minimum Gasteiger partial charge on any atom is -0.337 e. The Labute approximate surface area is 147 Å². The smallest absolute Gasteiger partial charge is 0.249 e. The number of carbonyl (C=O) groups excluding carboxylic acids is 2. The summed E-state index contributed by atoms with van der Waals surface area (Å²) in [6.07, 6.45) is 3.86. The molecule has 1 N–H and O–H groups in total. The van der Waals surface area contributed by atoms with Gasteiger partial charge in [-0.25, -0.2) is 0 Å². The normalized spacial score (nSPS) is 13.6. The van der Waals surface area contributed by atoms with Gasteiger partial charge >= 0.3 is 0 Å². The van der Waals surface area contributed by atoms with Gasteiger partial charge in [0, 0.05) is 29.3 Å². The fourth-order valence-corrected chi connectivity index (χ4v) is 4.41. The van der Waals surface area contributed by atoms with Crippen LogP contribution in [0.2, 0.25) is 0 Å². The monoisotopic (exact) mass is 357 g/mol. The summed E-state index contributed by atoms with van der Waals surface area (Å²) in [4.78, 5) is 27.4. The molecule has 3 heterocycles. The molecule has 2 aromatic heterocycles. The van der Waals surface area contributed by atoms with E-state index in [4.69, 9.17) is 0 Å². The van der Waals surface area contributed by atoms with E-state index in [-0.39, 0.29) is 11.8 Å². The summed E-state index contributed by atoms with van der Waals surface area (Å²) >= 11 is 2.93. The topological polar surface area (TPSA) is 73.2 Å². The molecule has 0 saturated heterocycles. The molecule has 0 atom stereocenters. The van der Waals surface area contributed by atoms with Gasteiger partial charge in [0.2, 0.25) is 11.8 Å². The van der Waals surface area contributed by atoms with E-state index in [9.17, 15) is 14.9 Å². The fraction of sp³-hybridized carbons (Fsp3) is 0.235. The van der Waals surface area contributed by atoms with Gasteiger partial charge in [0.05, 0.1) is 12.1 Å². The van der Waals surface area contributed by atoms with Crippen LogP contribution in [0, 0.1) is 11.3 Å². The highest BCUT2D eigenvalue weighted by Crippen LogP contribution is 2.36. The van der Waals surface area contributed by atoms with Gasteiger partial charge in [-0.3, -0.25) is 9.59 Å². The maximum Gasteiger partial charge on any atom is 0.249 e. The molecule has 3 rings (SSSR count). The quantitative estimate of drug-likeness (QED) is 0.857. The molecule has 0 bridgehead atoms. The van der Waals surface area contributed by atoms with Crippen molar-refractivity contribution >= 4 is 45.6 Å². The number of hydrogen-bond donors (Lipinski definition) is 1. The standard InChI is InChI=1S/C17H15N3O2S2/c1-11(21)20-7-6-13-14(9-18)17(24-15(13)10-20)19-16(22)5-4-12-3-2-8-23-12/h2-5,8H,6-7,10H2,1H3,(H,19,22). The number of nitrogens with zero attached hydrogens (tertiary/aromatic N) is 2. The Hall–Kier alpha value is -2.43. The Morgan fingerprint density at radius 1 is 1.46 bits per heavy atom. The summed E-state index contributed by atoms with van der Waals surface area (Å²) in [6, 6.07) is 6.04. The summed E-state index contributed by atoms with van der Waals surface area (Å²) in [7, 11) is 0. The molecule has 7 heteroatoms. The van der Waals surface area contributed by atoms with Crippen LogP contribution in [0.5, 0.6) is 0 Å². The van der Waals surface area contributed by atoms with Crippen molar-refractivity contribution in [3.8, 4) is 6.07 Å². The molecule has 0 unspecified atom stereocenters. The van der Waals surface area contributed by atoms with Crippen molar-refractivity contribution in [2.24, 2.45) is 0 Å². The molecule has 0 aromatic carbocycles. The van der Waals surface area contributed by atoms with Gasteiger partial charge in [-0.2, -0.15) is 5.26 Å². The van der Waals surface area contributed by atoms with Gasteiger partial charge in [0.1, 0.15) is 11.1 Å². The Bertz CT molecular complexity index is 844. The van der Waals surface area contributed by atoms with Crippen LogP contribution >= 0.6 is 22.7 Å². The van der Waals surface area contributed by atoms with Gasteiger partial charge in [-0.15, -0.1) is 22.7 Å². The van der Waals surface area contributed by atoms with Gasteiger partial charge in [-0.05, 0) is 29.5 Å². The number of rotatable bonds is 3. The lowest BCUT2D eigenvalue weighted by molar-refractivity contribution is -0.129. The Kier molecular flexibility index (Phi) is 4.79. The number of anilines is 1. The summed E-state index contributed by atoms with van der Waals surface area (Å²) in [5.41, 5.74) is 1.48. The average Bonchev–Trinajstić information content (AvgIpc) is 3.19. The maximum atomic E-state index is 12.1. The minimum atomic E-state index is -0.262. The highest BCUT2D eigenvalue weighted by atomic mass is 32.1. The van der Waals surface area contributed by atoms with Crippen LogP contribution in [-0.4, -0.2) is 23.3 Å². The molecule has 24 heavy (non-hydrogen) atoms. The second kappa shape index (κ2) is 6.99. The van der Waals surface area contributed by atoms with E-state index in [2.05, 4.69) is 11.4 Å². The molecule has 2 amide bonds. The maximum absolute atomic E-state index is 12.1. The SMILES string of the molecule is CC(=O)N1CCc2c(sc(NC(=O)C=Cc3cccs3)c2C#N)C1. The van der Waals surface area contributed by atoms with Crippen molar-refractivity contribution in [2.75, 3.05) is 11.9 Å². The van der Waals surface area contributed by atoms with Gasteiger partial charge in [0.15, 0.2) is 0 Å². The lowest BCUT2D eigenvalue weighted by Crippen LogP contribution is -2.33. The highest BCUT2D eigenvalue weighted by Gasteiger charge is 2.25. The highest BCUT2D eigenvalue weighted by molar-refractivity contribution is 7.16. The Balaban J connectivity index is 1.78. The molecule has 122 valence electrons. The molecular weight excluding hydrogens is 342 g/mol. The average molecular weight is 357 g/mol. The van der Waals surface area contributed by atoms with Crippen molar-refractivity contribution in [3.63, 3.8) is 0 Å². The summed E-state index contributed by atoms with van der Waals surface area (Å²) < 4.78 is 0. The van der Waals surface area contributed by atoms with Crippen LogP contribution in [0.25, 0.3) is 6.08 Å². The van der Waals surface area contributed by atoms with Gasteiger partial charge in [0.25, 0.3) is 0 Å². The van der Waals surface area contributed by atoms with E-state index in [1.165, 1.54) is 17.4 Å². The van der Waals surface area contributed by atoms with Crippen molar-refractivity contribution < 1.29 is 9.59 Å². The van der Waals surface area contributed by atoms with Crippen molar-refractivity contribution in [1.82, 2.24) is 4.90 Å². The molecule has 0 aliphatic carbocycles. The van der Waals surface area contributed by atoms with E-state index in [0.717, 1.165) is 15.3 Å². The first-order chi connectivity index (χ1) is 11.6. The third kappa shape index (κ3) is 3.40. The molecule has 0 radical (unpaired) electrons. The predicted molar refractivity (Wildman–Crippen MR) is 95.8 cm³/mol. The number of nitrogens with one attached hydrogen (secondary N) is 1. The number of amides is 2. The van der Waals surface area contributed by atoms with Crippen LogP contribution in [-0.2, 0) is 22.6 Å². The zero-order valence-corrected chi connectivity index (χ0v) is 14.7. The van der Waals surface area contributed by atoms with Crippen LogP contribution in [0.1, 0.15) is 27.8 Å². The second-order valence-corrected chi connectivity index (χ2v) is 7.43. The van der Waals surface area contributed by atoms with Crippen LogP contribution in [0.3, 0.4) is 0 Å². The largest absolute Gasteiger partial charge is 0.337 e. The molecule has 0 fully saturated rings. The number of nitriles is 1. The number of thiophene rings is 2. The molecule has 1 aliphatic heterocycles. The zero-order valence-electron chi connectivity index (χ0n) is 13.0. The molecule has 0 spiro atoms. The zero-order chi connectivity index (χ0) is 17.1. The van der Waals surface area contributed by atoms with E-state index in [0.29, 0.717) is 30.1 Å². The third-order valence-electron chi connectivity index (χ3n) is 3.79. The molecule has 0 saturated carbocycles. The van der Waals surface area contributed by atoms with Crippen LogP contribution < -0.4 is 5.32 Å². The Morgan fingerprint density at radius 3 is 2.96 bits per heavy atom. The second-order valence-electron chi connectivity index (χ2n) is 5.35. The summed E-state index contributed by atoms with van der Waals surface area (Å²) in [6.45, 7) is 2.66. The first-order valence-electron chi connectivity index (χ1n) is 7.41. The van der Waals surface area contributed by atoms with E-state index < -0.39 is 0 Å². The molecule has 2 aromatic rings. The van der Waals surface area contributed by atoms with E-state index in [1.54, 1.807) is 29.2 Å². The lowest BCUT2D eigenvalue weighted by Gasteiger charge is -2.25. The first kappa shape index (κ1) is 16.4. The van der Waals surface area contributed by atoms with E-state index >= 15 is 0 Å². The van der Waals surface area contributed by atoms with Crippen molar-refractivity contribution in [3.05, 3.63) is 44.5 Å². The minimum absolute atomic E-state index is 0.0250. The third-order valence-corrected chi connectivity index (χ3v) is 5.76. The van der Waals surface area contributed by atoms with Crippen LogP contribution in [0.4, 0.5) is 5.00 Å². The number of fused-ring (bicyclic) bond motifs is 1. The molecule has 5 nitrogen and oxygen atoms in total. The van der Waals surface area contributed by atoms with E-state index in [1.807, 2.05) is 17.5 Å². The fourth-order valence-electron chi connectivity index (χ4n) is 2.58. The number of carbonyl (C=O) groups is 2. The van der Waals surface area contributed by atoms with Crippen molar-refractivity contribution in [1.29, 1.82) is 5.26 Å². The first-order valence-corrected chi connectivity index (χ1v) is 9.11.